The van der Waals surface area contributed by atoms with Crippen molar-refractivity contribution in [2.75, 3.05) is 0 Å². The van der Waals surface area contributed by atoms with E-state index in [-0.39, 0.29) is 12.3 Å². The van der Waals surface area contributed by atoms with Gasteiger partial charge in [0.05, 0.1) is 6.42 Å². The number of H-pyrrole nitrogens is 1. The molecule has 1 aromatic heterocycles. The van der Waals surface area contributed by atoms with E-state index >= 15 is 0 Å². The van der Waals surface area contributed by atoms with E-state index in [1.807, 2.05) is 0 Å². The number of hydrogen-bond donors (Lipinski definition) is 2. The van der Waals surface area contributed by atoms with Crippen LogP contribution >= 0.6 is 0 Å². The molecule has 0 bridgehead atoms. The third kappa shape index (κ3) is 2.83. The molecule has 1 saturated carbocycles. The highest BCUT2D eigenvalue weighted by atomic mass is 16.2. The highest BCUT2D eigenvalue weighted by Crippen LogP contribution is 2.13. The Labute approximate surface area is 86.3 Å². The van der Waals surface area contributed by atoms with Crippen LogP contribution in [0, 0.1) is 0 Å². The van der Waals surface area contributed by atoms with Crippen molar-refractivity contribution >= 4 is 11.6 Å². The van der Waals surface area contributed by atoms with Crippen molar-refractivity contribution in [3.8, 4) is 0 Å². The fraction of sp³-hybridized carbons (Fsp3) is 0.625. The van der Waals surface area contributed by atoms with Gasteiger partial charge >= 0.3 is 0 Å². The van der Waals surface area contributed by atoms with Gasteiger partial charge in [-0.3, -0.25) is 4.79 Å². The number of aromatic amines is 1. The Kier molecular flexibility index (Phi) is 3.01. The molecule has 0 unspecified atom stereocenters. The first-order valence-corrected chi connectivity index (χ1v) is 4.91. The van der Waals surface area contributed by atoms with Crippen LogP contribution < -0.4 is 5.43 Å². The summed E-state index contributed by atoms with van der Waals surface area (Å²) in [7, 11) is 0. The Morgan fingerprint density at radius 3 is 2.93 bits per heavy atom. The fourth-order valence-electron chi connectivity index (χ4n) is 1.48. The van der Waals surface area contributed by atoms with Crippen LogP contribution in [0.15, 0.2) is 5.10 Å². The van der Waals surface area contributed by atoms with Gasteiger partial charge < -0.3 is 0 Å². The number of aromatic nitrogens is 4. The van der Waals surface area contributed by atoms with Gasteiger partial charge in [0.1, 0.15) is 0 Å². The molecule has 2 rings (SSSR count). The summed E-state index contributed by atoms with van der Waals surface area (Å²) in [5, 5.41) is 17.0. The lowest BCUT2D eigenvalue weighted by molar-refractivity contribution is -0.120. The van der Waals surface area contributed by atoms with Gasteiger partial charge in [0, 0.05) is 5.71 Å². The topological polar surface area (TPSA) is 95.9 Å². The number of hydrazone groups is 1. The van der Waals surface area contributed by atoms with Crippen molar-refractivity contribution in [2.24, 2.45) is 5.10 Å². The molecule has 7 nitrogen and oxygen atoms in total. The number of hydrogen-bond acceptors (Lipinski definition) is 5. The molecule has 1 aromatic rings. The lowest BCUT2D eigenvalue weighted by Crippen LogP contribution is -2.21. The number of tetrazole rings is 1. The highest BCUT2D eigenvalue weighted by Gasteiger charge is 2.10. The van der Waals surface area contributed by atoms with Gasteiger partial charge in [0.15, 0.2) is 5.82 Å². The molecule has 0 radical (unpaired) electrons. The second-order valence-corrected chi connectivity index (χ2v) is 3.42. The Bertz CT molecular complexity index is 349. The second kappa shape index (κ2) is 4.63. The van der Waals surface area contributed by atoms with Crippen LogP contribution in [0.1, 0.15) is 31.5 Å². The summed E-state index contributed by atoms with van der Waals surface area (Å²) in [6.07, 6.45) is 4.41. The SMILES string of the molecule is O=C(Cc1nn[nH]n1)NN=C1CCCC1. The van der Waals surface area contributed by atoms with Crippen LogP contribution in [0.3, 0.4) is 0 Å². The lowest BCUT2D eigenvalue weighted by atomic mass is 10.3. The standard InChI is InChI=1S/C8H12N6O/c15-8(5-7-10-13-14-11-7)12-9-6-3-1-2-4-6/h1-5H2,(H,12,15)(H,10,11,13,14). The van der Waals surface area contributed by atoms with E-state index in [0.717, 1.165) is 18.6 Å². The summed E-state index contributed by atoms with van der Waals surface area (Å²) >= 11 is 0. The van der Waals surface area contributed by atoms with Crippen LogP contribution in [0.4, 0.5) is 0 Å². The largest absolute Gasteiger partial charge is 0.273 e. The van der Waals surface area contributed by atoms with E-state index in [4.69, 9.17) is 0 Å². The predicted octanol–water partition coefficient (Wildman–Crippen LogP) is -0.212. The molecule has 1 aliphatic rings. The first kappa shape index (κ1) is 9.75. The highest BCUT2D eigenvalue weighted by molar-refractivity contribution is 5.87. The van der Waals surface area contributed by atoms with Crippen molar-refractivity contribution in [1.82, 2.24) is 26.0 Å². The third-order valence-electron chi connectivity index (χ3n) is 2.23. The zero-order valence-corrected chi connectivity index (χ0v) is 8.23. The molecule has 1 amide bonds. The van der Waals surface area contributed by atoms with E-state index in [9.17, 15) is 4.79 Å². The maximum atomic E-state index is 11.3. The molecule has 0 saturated heterocycles. The van der Waals surface area contributed by atoms with E-state index in [2.05, 4.69) is 31.2 Å². The molecule has 2 N–H and O–H groups in total. The van der Waals surface area contributed by atoms with E-state index in [1.54, 1.807) is 0 Å². The van der Waals surface area contributed by atoms with E-state index in [1.165, 1.54) is 12.8 Å². The molecular weight excluding hydrogens is 196 g/mol. The van der Waals surface area contributed by atoms with Gasteiger partial charge in [-0.1, -0.05) is 5.21 Å². The van der Waals surface area contributed by atoms with Crippen LogP contribution in [0.5, 0.6) is 0 Å². The summed E-state index contributed by atoms with van der Waals surface area (Å²) in [6, 6.07) is 0. The summed E-state index contributed by atoms with van der Waals surface area (Å²) < 4.78 is 0. The lowest BCUT2D eigenvalue weighted by Gasteiger charge is -1.97. The Morgan fingerprint density at radius 2 is 2.27 bits per heavy atom. The minimum absolute atomic E-state index is 0.104. The number of rotatable bonds is 3. The zero-order chi connectivity index (χ0) is 10.5. The minimum Gasteiger partial charge on any atom is -0.273 e. The molecule has 0 aliphatic heterocycles. The first-order valence-electron chi connectivity index (χ1n) is 4.91. The van der Waals surface area contributed by atoms with Gasteiger partial charge in [-0.2, -0.15) is 10.3 Å². The Hall–Kier alpha value is -1.79. The predicted molar refractivity (Wildman–Crippen MR) is 51.9 cm³/mol. The molecule has 1 fully saturated rings. The molecule has 15 heavy (non-hydrogen) atoms. The summed E-state index contributed by atoms with van der Waals surface area (Å²) in [6.45, 7) is 0. The van der Waals surface area contributed by atoms with Gasteiger partial charge in [-0.05, 0) is 25.7 Å². The Balaban J connectivity index is 1.80. The number of nitrogens with one attached hydrogen (secondary N) is 2. The number of carbonyl (C=O) groups is 1. The van der Waals surface area contributed by atoms with Gasteiger partial charge in [0.25, 0.3) is 0 Å². The molecule has 80 valence electrons. The zero-order valence-electron chi connectivity index (χ0n) is 8.23. The smallest absolute Gasteiger partial charge is 0.247 e. The van der Waals surface area contributed by atoms with Crippen molar-refractivity contribution in [3.63, 3.8) is 0 Å². The van der Waals surface area contributed by atoms with Gasteiger partial charge in [0.2, 0.25) is 5.91 Å². The molecule has 0 aromatic carbocycles. The molecule has 1 aliphatic carbocycles. The van der Waals surface area contributed by atoms with E-state index < -0.39 is 0 Å². The number of carbonyl (C=O) groups excluding carboxylic acids is 1. The molecular formula is C8H12N6O. The molecule has 0 atom stereocenters. The Morgan fingerprint density at radius 1 is 1.47 bits per heavy atom. The molecule has 1 heterocycles. The third-order valence-corrected chi connectivity index (χ3v) is 2.23. The van der Waals surface area contributed by atoms with Crippen molar-refractivity contribution < 1.29 is 4.79 Å². The molecule has 0 spiro atoms. The quantitative estimate of drug-likeness (QED) is 0.671. The summed E-state index contributed by atoms with van der Waals surface area (Å²) in [4.78, 5) is 11.3. The second-order valence-electron chi connectivity index (χ2n) is 3.42. The van der Waals surface area contributed by atoms with Crippen molar-refractivity contribution in [1.29, 1.82) is 0 Å². The van der Waals surface area contributed by atoms with Crippen LogP contribution in [0.25, 0.3) is 0 Å². The summed E-state index contributed by atoms with van der Waals surface area (Å²) in [5.41, 5.74) is 3.56. The maximum absolute atomic E-state index is 11.3. The summed E-state index contributed by atoms with van der Waals surface area (Å²) in [5.74, 6) is 0.162. The fourth-order valence-corrected chi connectivity index (χ4v) is 1.48. The minimum atomic E-state index is -0.212. The maximum Gasteiger partial charge on any atom is 0.247 e. The van der Waals surface area contributed by atoms with Gasteiger partial charge in [-0.15, -0.1) is 10.2 Å². The molecule has 7 heteroatoms. The number of amides is 1. The average molecular weight is 208 g/mol. The van der Waals surface area contributed by atoms with Crippen LogP contribution in [-0.2, 0) is 11.2 Å². The van der Waals surface area contributed by atoms with Crippen LogP contribution in [0.2, 0.25) is 0 Å². The van der Waals surface area contributed by atoms with Gasteiger partial charge in [-0.25, -0.2) is 5.43 Å². The first-order chi connectivity index (χ1) is 7.34. The average Bonchev–Trinajstić information content (AvgIpc) is 2.86. The monoisotopic (exact) mass is 208 g/mol. The van der Waals surface area contributed by atoms with E-state index in [0.29, 0.717) is 5.82 Å². The normalized spacial score (nSPS) is 15.3. The van der Waals surface area contributed by atoms with Crippen LogP contribution in [-0.4, -0.2) is 32.2 Å². The van der Waals surface area contributed by atoms with Crippen molar-refractivity contribution in [2.45, 2.75) is 32.1 Å². The van der Waals surface area contributed by atoms with Crippen molar-refractivity contribution in [3.05, 3.63) is 5.82 Å². The number of nitrogens with zero attached hydrogens (tertiary/aromatic N) is 4.